The maximum absolute atomic E-state index is 12.8. The van der Waals surface area contributed by atoms with Crippen molar-refractivity contribution in [3.63, 3.8) is 0 Å². The molecule has 0 aliphatic heterocycles. The van der Waals surface area contributed by atoms with Gasteiger partial charge in [0.1, 0.15) is 23.6 Å². The van der Waals surface area contributed by atoms with Crippen molar-refractivity contribution in [2.24, 2.45) is 0 Å². The van der Waals surface area contributed by atoms with Crippen molar-refractivity contribution in [1.82, 2.24) is 24.4 Å². The molecule has 3 rings (SSSR count). The molecule has 3 N–H and O–H groups in total. The number of aromatic nitrogens is 4. The van der Waals surface area contributed by atoms with Crippen molar-refractivity contribution >= 4 is 31.1 Å². The second kappa shape index (κ2) is 8.99. The second-order valence-electron chi connectivity index (χ2n) is 6.27. The Morgan fingerprint density at radius 3 is 2.69 bits per heavy atom. The number of nitrogen functional groups attached to an aromatic ring is 1. The van der Waals surface area contributed by atoms with E-state index in [2.05, 4.69) is 15.0 Å². The predicted molar refractivity (Wildman–Crippen MR) is 105 cm³/mol. The zero-order chi connectivity index (χ0) is 21.0. The van der Waals surface area contributed by atoms with Crippen LogP contribution in [0.25, 0.3) is 11.2 Å². The zero-order valence-corrected chi connectivity index (χ0v) is 16.8. The van der Waals surface area contributed by atoms with Crippen LogP contribution in [0, 0.1) is 0 Å². The Balaban J connectivity index is 1.72. The summed E-state index contributed by atoms with van der Waals surface area (Å²) in [5.74, 6) is -0.583. The fraction of sp³-hybridized carbons (Fsp3) is 0.294. The molecule has 0 spiro atoms. The van der Waals surface area contributed by atoms with Gasteiger partial charge in [-0.3, -0.25) is 9.36 Å². The standard InChI is InChI=1S/C17H21N6O5P/c1-11(8-22-10-21-14-15(18)19-9-20-16(14)22)28-29(26)23(12(2)17(24)25)27-13-6-4-3-5-7-13/h3-7,9-12,29H,8H2,1-2H3,(H,24,25)(H2,18,19,20)/t11-,12?/m1/s1. The first-order valence-corrected chi connectivity index (χ1v) is 10.00. The lowest BCUT2D eigenvalue weighted by Gasteiger charge is -2.26. The molecule has 0 saturated carbocycles. The zero-order valence-electron chi connectivity index (χ0n) is 15.8. The van der Waals surface area contributed by atoms with Gasteiger partial charge in [-0.05, 0) is 26.0 Å². The first-order chi connectivity index (χ1) is 13.9. The van der Waals surface area contributed by atoms with E-state index < -0.39 is 26.3 Å². The molecular weight excluding hydrogens is 399 g/mol. The van der Waals surface area contributed by atoms with Crippen LogP contribution in [0.5, 0.6) is 5.75 Å². The molecular formula is C17H21N6O5P. The number of hydrogen-bond donors (Lipinski definition) is 2. The molecule has 11 nitrogen and oxygen atoms in total. The number of imidazole rings is 1. The molecule has 0 radical (unpaired) electrons. The minimum absolute atomic E-state index is 0.258. The van der Waals surface area contributed by atoms with Crippen LogP contribution in [0.1, 0.15) is 13.8 Å². The van der Waals surface area contributed by atoms with E-state index in [1.807, 2.05) is 0 Å². The van der Waals surface area contributed by atoms with Crippen LogP contribution >= 0.6 is 8.18 Å². The Morgan fingerprint density at radius 2 is 2.00 bits per heavy atom. The average molecular weight is 420 g/mol. The Kier molecular flexibility index (Phi) is 6.42. The van der Waals surface area contributed by atoms with Gasteiger partial charge in [0.25, 0.3) is 8.18 Å². The number of carboxylic acid groups (broad SMARTS) is 1. The summed E-state index contributed by atoms with van der Waals surface area (Å²) in [6, 6.07) is 7.29. The molecule has 0 saturated heterocycles. The van der Waals surface area contributed by atoms with Gasteiger partial charge in [0.15, 0.2) is 11.5 Å². The molecule has 3 aromatic rings. The monoisotopic (exact) mass is 420 g/mol. The normalized spacial score (nSPS) is 14.6. The topological polar surface area (TPSA) is 146 Å². The molecule has 2 aromatic heterocycles. The van der Waals surface area contributed by atoms with Gasteiger partial charge in [0.2, 0.25) is 0 Å². The van der Waals surface area contributed by atoms with Gasteiger partial charge in [-0.2, -0.15) is 0 Å². The van der Waals surface area contributed by atoms with Gasteiger partial charge in [0, 0.05) is 0 Å². The molecule has 2 heterocycles. The van der Waals surface area contributed by atoms with E-state index in [1.165, 1.54) is 19.6 Å². The van der Waals surface area contributed by atoms with Gasteiger partial charge in [0.05, 0.1) is 19.0 Å². The number of rotatable bonds is 9. The molecule has 2 unspecified atom stereocenters. The average Bonchev–Trinajstić information content (AvgIpc) is 3.10. The summed E-state index contributed by atoms with van der Waals surface area (Å²) in [5, 5.41) is 9.33. The molecule has 0 fully saturated rings. The first-order valence-electron chi connectivity index (χ1n) is 8.73. The van der Waals surface area contributed by atoms with E-state index in [0.717, 1.165) is 4.83 Å². The highest BCUT2D eigenvalue weighted by Gasteiger charge is 2.29. The van der Waals surface area contributed by atoms with Gasteiger partial charge in [-0.15, -0.1) is 0 Å². The number of nitrogens with two attached hydrogens (primary N) is 1. The highest BCUT2D eigenvalue weighted by Crippen LogP contribution is 2.34. The van der Waals surface area contributed by atoms with E-state index in [9.17, 15) is 14.5 Å². The lowest BCUT2D eigenvalue weighted by atomic mass is 10.3. The molecule has 0 bridgehead atoms. The number of fused-ring (bicyclic) bond motifs is 1. The third-order valence-corrected chi connectivity index (χ3v) is 5.46. The van der Waals surface area contributed by atoms with Crippen molar-refractivity contribution in [1.29, 1.82) is 0 Å². The third-order valence-electron chi connectivity index (χ3n) is 4.02. The van der Waals surface area contributed by atoms with E-state index in [0.29, 0.717) is 16.9 Å². The number of nitrogens with zero attached hydrogens (tertiary/aromatic N) is 5. The summed E-state index contributed by atoms with van der Waals surface area (Å²) in [5.41, 5.74) is 6.75. The molecule has 12 heteroatoms. The van der Waals surface area contributed by atoms with Crippen LogP contribution in [0.4, 0.5) is 5.82 Å². The second-order valence-corrected chi connectivity index (χ2v) is 7.48. The maximum atomic E-state index is 12.8. The minimum Gasteiger partial charge on any atom is -0.480 e. The summed E-state index contributed by atoms with van der Waals surface area (Å²) in [6.45, 7) is 3.33. The number of para-hydroxylation sites is 1. The molecule has 0 aliphatic carbocycles. The van der Waals surface area contributed by atoms with Gasteiger partial charge in [-0.25, -0.2) is 15.0 Å². The number of carbonyl (C=O) groups is 1. The van der Waals surface area contributed by atoms with Gasteiger partial charge in [-0.1, -0.05) is 23.0 Å². The smallest absolute Gasteiger partial charge is 0.324 e. The fourth-order valence-electron chi connectivity index (χ4n) is 2.54. The molecule has 3 atom stereocenters. The van der Waals surface area contributed by atoms with Crippen LogP contribution in [0.3, 0.4) is 0 Å². The first kappa shape index (κ1) is 20.7. The number of benzene rings is 1. The summed E-state index contributed by atoms with van der Waals surface area (Å²) in [7, 11) is -3.04. The maximum Gasteiger partial charge on any atom is 0.324 e. The Morgan fingerprint density at radius 1 is 1.28 bits per heavy atom. The molecule has 154 valence electrons. The van der Waals surface area contributed by atoms with Crippen LogP contribution in [-0.4, -0.2) is 47.6 Å². The van der Waals surface area contributed by atoms with Crippen LogP contribution in [-0.2, 0) is 20.4 Å². The third kappa shape index (κ3) is 4.89. The molecule has 0 amide bonds. The molecule has 1 aromatic carbocycles. The highest BCUT2D eigenvalue weighted by molar-refractivity contribution is 7.36. The Labute approximate surface area is 167 Å². The van der Waals surface area contributed by atoms with Crippen molar-refractivity contribution in [2.75, 3.05) is 5.73 Å². The van der Waals surface area contributed by atoms with Crippen molar-refractivity contribution in [2.45, 2.75) is 32.5 Å². The number of hydroxylamine groups is 1. The van der Waals surface area contributed by atoms with E-state index in [4.69, 9.17) is 15.1 Å². The lowest BCUT2D eigenvalue weighted by molar-refractivity contribution is -0.148. The Hall–Kier alpha value is -3.01. The number of hydrogen-bond acceptors (Lipinski definition) is 8. The Bertz CT molecular complexity index is 1010. The van der Waals surface area contributed by atoms with E-state index in [1.54, 1.807) is 41.8 Å². The summed E-state index contributed by atoms with van der Waals surface area (Å²) >= 11 is 0. The summed E-state index contributed by atoms with van der Waals surface area (Å²) in [4.78, 5) is 30.0. The lowest BCUT2D eigenvalue weighted by Crippen LogP contribution is -2.37. The largest absolute Gasteiger partial charge is 0.480 e. The summed E-state index contributed by atoms with van der Waals surface area (Å²) in [6.07, 6.45) is 2.30. The van der Waals surface area contributed by atoms with Crippen molar-refractivity contribution < 1.29 is 23.8 Å². The van der Waals surface area contributed by atoms with E-state index >= 15 is 0 Å². The van der Waals surface area contributed by atoms with Crippen molar-refractivity contribution in [3.05, 3.63) is 43.0 Å². The van der Waals surface area contributed by atoms with Crippen LogP contribution in [0.2, 0.25) is 0 Å². The SMILES string of the molecule is CC(C(=O)O)N(Oc1ccccc1)[PH](=O)O[C@H](C)Cn1cnc2c(N)ncnc21. The summed E-state index contributed by atoms with van der Waals surface area (Å²) < 4.78 is 20.0. The van der Waals surface area contributed by atoms with Gasteiger partial charge >= 0.3 is 5.97 Å². The highest BCUT2D eigenvalue weighted by atomic mass is 31.1. The van der Waals surface area contributed by atoms with Gasteiger partial charge < -0.3 is 24.8 Å². The minimum atomic E-state index is -3.04. The fourth-order valence-corrected chi connectivity index (χ4v) is 3.67. The molecule has 29 heavy (non-hydrogen) atoms. The number of aliphatic carboxylic acids is 1. The number of carboxylic acids is 1. The quantitative estimate of drug-likeness (QED) is 0.389. The van der Waals surface area contributed by atoms with Crippen LogP contribution < -0.4 is 10.6 Å². The molecule has 0 aliphatic rings. The predicted octanol–water partition coefficient (Wildman–Crippen LogP) is 1.97. The number of anilines is 1. The van der Waals surface area contributed by atoms with E-state index in [-0.39, 0.29) is 12.4 Å². The van der Waals surface area contributed by atoms with Crippen molar-refractivity contribution in [3.8, 4) is 5.75 Å². The van der Waals surface area contributed by atoms with Crippen LogP contribution in [0.15, 0.2) is 43.0 Å².